The fourth-order valence-corrected chi connectivity index (χ4v) is 3.62. The number of hydrogen-bond donors (Lipinski definition) is 2. The Kier molecular flexibility index (Phi) is 8.02. The van der Waals surface area contributed by atoms with Crippen LogP contribution in [0.25, 0.3) is 0 Å². The van der Waals surface area contributed by atoms with E-state index in [4.69, 9.17) is 39.5 Å². The number of benzene rings is 3. The maximum atomic E-state index is 12.1. The molecule has 32 heavy (non-hydrogen) atoms. The first-order valence-electron chi connectivity index (χ1n) is 9.77. The molecule has 166 valence electrons. The molecular weight excluding hydrogens is 471 g/mol. The summed E-state index contributed by atoms with van der Waals surface area (Å²) >= 11 is 18.5. The van der Waals surface area contributed by atoms with E-state index < -0.39 is 5.91 Å². The Labute approximate surface area is 201 Å². The van der Waals surface area contributed by atoms with Crippen LogP contribution in [0.2, 0.25) is 15.1 Å². The van der Waals surface area contributed by atoms with E-state index in [-0.39, 0.29) is 16.3 Å². The van der Waals surface area contributed by atoms with Crippen molar-refractivity contribution in [1.82, 2.24) is 5.43 Å². The zero-order valence-electron chi connectivity index (χ0n) is 17.4. The highest BCUT2D eigenvalue weighted by atomic mass is 35.5. The van der Waals surface area contributed by atoms with Crippen molar-refractivity contribution in [3.05, 3.63) is 91.9 Å². The minimum absolute atomic E-state index is 0.0756. The molecule has 0 spiro atoms. The fourth-order valence-electron chi connectivity index (χ4n) is 2.82. The Balaban J connectivity index is 1.63. The number of rotatable bonds is 7. The average molecular weight is 492 g/mol. The molecule has 3 aromatic rings. The Morgan fingerprint density at radius 2 is 1.69 bits per heavy atom. The molecule has 0 aliphatic heterocycles. The molecule has 0 aliphatic carbocycles. The van der Waals surface area contributed by atoms with E-state index in [0.717, 1.165) is 5.56 Å². The van der Waals surface area contributed by atoms with Gasteiger partial charge in [-0.3, -0.25) is 4.79 Å². The van der Waals surface area contributed by atoms with Gasteiger partial charge in [0.2, 0.25) is 0 Å². The van der Waals surface area contributed by atoms with E-state index in [0.29, 0.717) is 33.9 Å². The zero-order valence-corrected chi connectivity index (χ0v) is 19.7. The number of aromatic hydroxyl groups is 1. The van der Waals surface area contributed by atoms with Gasteiger partial charge in [-0.25, -0.2) is 5.43 Å². The number of hydrazone groups is 1. The monoisotopic (exact) mass is 490 g/mol. The molecule has 0 aliphatic rings. The van der Waals surface area contributed by atoms with Gasteiger partial charge >= 0.3 is 0 Å². The molecule has 0 radical (unpaired) electrons. The van der Waals surface area contributed by atoms with Gasteiger partial charge in [-0.1, -0.05) is 72.9 Å². The van der Waals surface area contributed by atoms with Crippen molar-refractivity contribution in [3.8, 4) is 11.5 Å². The van der Waals surface area contributed by atoms with E-state index in [1.54, 1.807) is 12.1 Å². The molecule has 0 saturated carbocycles. The average Bonchev–Trinajstić information content (AvgIpc) is 2.75. The van der Waals surface area contributed by atoms with E-state index in [2.05, 4.69) is 36.5 Å². The van der Waals surface area contributed by atoms with E-state index in [1.807, 2.05) is 12.1 Å². The lowest BCUT2D eigenvalue weighted by Gasteiger charge is -2.12. The molecule has 3 rings (SSSR count). The molecule has 5 nitrogen and oxygen atoms in total. The third-order valence-corrected chi connectivity index (χ3v) is 5.50. The lowest BCUT2D eigenvalue weighted by molar-refractivity contribution is 0.0955. The number of phenolic OH excluding ortho intramolecular Hbond substituents is 1. The molecule has 3 aromatic carbocycles. The summed E-state index contributed by atoms with van der Waals surface area (Å²) in [5, 5.41) is 14.1. The lowest BCUT2D eigenvalue weighted by Crippen LogP contribution is -2.17. The van der Waals surface area contributed by atoms with Gasteiger partial charge in [-0.15, -0.1) is 0 Å². The second-order valence-electron chi connectivity index (χ2n) is 7.36. The summed E-state index contributed by atoms with van der Waals surface area (Å²) in [6, 6.07) is 15.6. The van der Waals surface area contributed by atoms with Gasteiger partial charge in [-0.2, -0.15) is 5.10 Å². The molecule has 0 bridgehead atoms. The van der Waals surface area contributed by atoms with Crippen LogP contribution in [0.15, 0.2) is 59.7 Å². The quantitative estimate of drug-likeness (QED) is 0.281. The molecule has 0 unspecified atom stereocenters. The first kappa shape index (κ1) is 23.9. The Bertz CT molecular complexity index is 1120. The molecule has 0 aromatic heterocycles. The third kappa shape index (κ3) is 6.16. The highest BCUT2D eigenvalue weighted by Crippen LogP contribution is 2.34. The van der Waals surface area contributed by atoms with Crippen molar-refractivity contribution in [3.63, 3.8) is 0 Å². The van der Waals surface area contributed by atoms with E-state index in [9.17, 15) is 9.90 Å². The smallest absolute Gasteiger partial charge is 0.271 e. The van der Waals surface area contributed by atoms with Gasteiger partial charge in [0.05, 0.1) is 21.3 Å². The number of carbonyl (C=O) groups excluding carboxylic acids is 1. The van der Waals surface area contributed by atoms with Crippen LogP contribution in [0, 0.1) is 0 Å². The number of ether oxygens (including phenoxy) is 1. The maximum Gasteiger partial charge on any atom is 0.271 e. The number of hydrogen-bond acceptors (Lipinski definition) is 4. The van der Waals surface area contributed by atoms with Crippen molar-refractivity contribution in [2.75, 3.05) is 0 Å². The van der Waals surface area contributed by atoms with Crippen LogP contribution in [0.4, 0.5) is 0 Å². The van der Waals surface area contributed by atoms with Crippen molar-refractivity contribution >= 4 is 46.9 Å². The zero-order chi connectivity index (χ0) is 23.3. The second kappa shape index (κ2) is 10.7. The normalized spacial score (nSPS) is 11.2. The van der Waals surface area contributed by atoms with Crippen LogP contribution >= 0.6 is 34.8 Å². The SMILES string of the molecule is CC(C)c1ccc(COc2c(Cl)cc(/C=N/NC(=O)c3ccc(O)c(Cl)c3)cc2Cl)cc1. The van der Waals surface area contributed by atoms with Crippen LogP contribution in [0.3, 0.4) is 0 Å². The molecule has 1 amide bonds. The number of amides is 1. The van der Waals surface area contributed by atoms with Crippen LogP contribution in [0.5, 0.6) is 11.5 Å². The number of halogens is 3. The van der Waals surface area contributed by atoms with Crippen molar-refractivity contribution in [2.24, 2.45) is 5.10 Å². The van der Waals surface area contributed by atoms with Crippen LogP contribution in [0.1, 0.15) is 46.8 Å². The first-order chi connectivity index (χ1) is 15.2. The number of carbonyl (C=O) groups is 1. The topological polar surface area (TPSA) is 70.9 Å². The Morgan fingerprint density at radius 1 is 1.03 bits per heavy atom. The molecule has 0 heterocycles. The fraction of sp³-hybridized carbons (Fsp3) is 0.167. The van der Waals surface area contributed by atoms with Crippen molar-refractivity contribution < 1.29 is 14.6 Å². The number of phenols is 1. The lowest BCUT2D eigenvalue weighted by atomic mass is 10.0. The molecule has 8 heteroatoms. The predicted octanol–water partition coefficient (Wildman–Crippen LogP) is 6.82. The van der Waals surface area contributed by atoms with Gasteiger partial charge in [-0.05, 0) is 52.9 Å². The van der Waals surface area contributed by atoms with E-state index in [1.165, 1.54) is 30.0 Å². The largest absolute Gasteiger partial charge is 0.506 e. The summed E-state index contributed by atoms with van der Waals surface area (Å²) < 4.78 is 5.82. The summed E-state index contributed by atoms with van der Waals surface area (Å²) in [5.74, 6) is 0.252. The highest BCUT2D eigenvalue weighted by molar-refractivity contribution is 6.37. The summed E-state index contributed by atoms with van der Waals surface area (Å²) in [6.07, 6.45) is 1.41. The second-order valence-corrected chi connectivity index (χ2v) is 8.59. The summed E-state index contributed by atoms with van der Waals surface area (Å²) in [4.78, 5) is 12.1. The van der Waals surface area contributed by atoms with Gasteiger partial charge in [0, 0.05) is 5.56 Å². The summed E-state index contributed by atoms with van der Waals surface area (Å²) in [5.41, 5.74) is 5.48. The first-order valence-corrected chi connectivity index (χ1v) is 10.9. The summed E-state index contributed by atoms with van der Waals surface area (Å²) in [7, 11) is 0. The highest BCUT2D eigenvalue weighted by Gasteiger charge is 2.11. The third-order valence-electron chi connectivity index (χ3n) is 4.64. The van der Waals surface area contributed by atoms with Crippen LogP contribution in [-0.4, -0.2) is 17.2 Å². The minimum atomic E-state index is -0.483. The van der Waals surface area contributed by atoms with Gasteiger partial charge in [0.1, 0.15) is 12.4 Å². The predicted molar refractivity (Wildman–Crippen MR) is 130 cm³/mol. The van der Waals surface area contributed by atoms with E-state index >= 15 is 0 Å². The van der Waals surface area contributed by atoms with Crippen molar-refractivity contribution in [1.29, 1.82) is 0 Å². The molecule has 0 fully saturated rings. The standard InChI is InChI=1S/C24H21Cl3N2O3/c1-14(2)17-5-3-15(4-6-17)13-32-23-20(26)9-16(10-21(23)27)12-28-29-24(31)18-7-8-22(30)19(25)11-18/h3-12,14,30H,13H2,1-2H3,(H,29,31)/b28-12+. The maximum absolute atomic E-state index is 12.1. The minimum Gasteiger partial charge on any atom is -0.506 e. The van der Waals surface area contributed by atoms with Gasteiger partial charge in [0.25, 0.3) is 5.91 Å². The molecule has 0 atom stereocenters. The molecular formula is C24H21Cl3N2O3. The Morgan fingerprint density at radius 3 is 2.28 bits per heavy atom. The number of nitrogens with one attached hydrogen (secondary N) is 1. The van der Waals surface area contributed by atoms with Gasteiger partial charge in [0.15, 0.2) is 5.75 Å². The van der Waals surface area contributed by atoms with Crippen LogP contribution in [-0.2, 0) is 6.61 Å². The molecule has 2 N–H and O–H groups in total. The summed E-state index contributed by atoms with van der Waals surface area (Å²) in [6.45, 7) is 4.62. The Hall–Kier alpha value is -2.73. The van der Waals surface area contributed by atoms with Crippen LogP contribution < -0.4 is 10.2 Å². The van der Waals surface area contributed by atoms with Gasteiger partial charge < -0.3 is 9.84 Å². The molecule has 0 saturated heterocycles. The van der Waals surface area contributed by atoms with Crippen molar-refractivity contribution in [2.45, 2.75) is 26.4 Å². The number of nitrogens with zero attached hydrogens (tertiary/aromatic N) is 1.